The lowest BCUT2D eigenvalue weighted by atomic mass is 9.99. The summed E-state index contributed by atoms with van der Waals surface area (Å²) >= 11 is 0. The maximum atomic E-state index is 14.4. The Morgan fingerprint density at radius 2 is 1.56 bits per heavy atom. The predicted octanol–water partition coefficient (Wildman–Crippen LogP) is 7.91. The van der Waals surface area contributed by atoms with Gasteiger partial charge in [-0.3, -0.25) is 4.39 Å². The van der Waals surface area contributed by atoms with Crippen LogP contribution >= 0.6 is 0 Å². The van der Waals surface area contributed by atoms with Gasteiger partial charge in [0, 0.05) is 5.56 Å². The second-order valence-corrected chi connectivity index (χ2v) is 6.92. The second-order valence-electron chi connectivity index (χ2n) is 6.92. The Balaban J connectivity index is 1.97. The molecule has 0 amide bonds. The molecule has 0 unspecified atom stereocenters. The number of hydrogen-bond acceptors (Lipinski definition) is 0. The normalized spacial score (nSPS) is 11.4. The summed E-state index contributed by atoms with van der Waals surface area (Å²) < 4.78 is 40.7. The van der Waals surface area contributed by atoms with E-state index in [4.69, 9.17) is 0 Å². The summed E-state index contributed by atoms with van der Waals surface area (Å²) in [4.78, 5) is 0. The van der Waals surface area contributed by atoms with Crippen molar-refractivity contribution in [2.45, 2.75) is 58.3 Å². The van der Waals surface area contributed by atoms with Crippen molar-refractivity contribution >= 4 is 6.08 Å². The molecule has 146 valence electrons. The van der Waals surface area contributed by atoms with Crippen LogP contribution in [0, 0.1) is 11.6 Å². The number of rotatable bonds is 11. The first kappa shape index (κ1) is 21.3. The van der Waals surface area contributed by atoms with E-state index in [1.165, 1.54) is 0 Å². The van der Waals surface area contributed by atoms with Gasteiger partial charge >= 0.3 is 0 Å². The number of halogens is 3. The molecule has 3 heteroatoms. The van der Waals surface area contributed by atoms with Crippen LogP contribution in [0.1, 0.15) is 63.0 Å². The van der Waals surface area contributed by atoms with Gasteiger partial charge in [0.05, 0.1) is 6.67 Å². The van der Waals surface area contributed by atoms with Crippen LogP contribution in [-0.2, 0) is 6.42 Å². The largest absolute Gasteiger partial charge is 0.251 e. The van der Waals surface area contributed by atoms with Gasteiger partial charge in [-0.05, 0) is 48.8 Å². The van der Waals surface area contributed by atoms with Gasteiger partial charge in [-0.15, -0.1) is 0 Å². The highest BCUT2D eigenvalue weighted by atomic mass is 19.2. The van der Waals surface area contributed by atoms with Gasteiger partial charge < -0.3 is 0 Å². The van der Waals surface area contributed by atoms with Crippen LogP contribution in [0.4, 0.5) is 13.2 Å². The Morgan fingerprint density at radius 3 is 2.26 bits per heavy atom. The molecular formula is C24H29F3. The third-order valence-corrected chi connectivity index (χ3v) is 4.75. The molecular weight excluding hydrogens is 345 g/mol. The van der Waals surface area contributed by atoms with Crippen molar-refractivity contribution in [1.29, 1.82) is 0 Å². The standard InChI is InChI=1S/C24H29F3/c1-2-3-11-21-16-17-22(24(27)23(21)26)20-14-12-19(13-15-20)10-8-6-4-5-7-9-18-25/h8,10,12-17H,2-7,9,11,18H2,1H3/b10-8+. The molecule has 0 heterocycles. The van der Waals surface area contributed by atoms with Crippen molar-refractivity contribution < 1.29 is 13.2 Å². The van der Waals surface area contributed by atoms with Gasteiger partial charge in [0.1, 0.15) is 0 Å². The molecule has 0 fully saturated rings. The number of allylic oxidation sites excluding steroid dienone is 1. The predicted molar refractivity (Wildman–Crippen MR) is 109 cm³/mol. The van der Waals surface area contributed by atoms with Crippen molar-refractivity contribution in [1.82, 2.24) is 0 Å². The van der Waals surface area contributed by atoms with E-state index in [2.05, 4.69) is 6.08 Å². The van der Waals surface area contributed by atoms with E-state index in [-0.39, 0.29) is 6.67 Å². The molecule has 2 rings (SSSR count). The van der Waals surface area contributed by atoms with Crippen LogP contribution < -0.4 is 0 Å². The molecule has 0 spiro atoms. The first-order valence-electron chi connectivity index (χ1n) is 9.97. The summed E-state index contributed by atoms with van der Waals surface area (Å²) in [6.45, 7) is 1.81. The fraction of sp³-hybridized carbons (Fsp3) is 0.417. The fourth-order valence-corrected chi connectivity index (χ4v) is 3.08. The van der Waals surface area contributed by atoms with Gasteiger partial charge in [0.2, 0.25) is 0 Å². The summed E-state index contributed by atoms with van der Waals surface area (Å²) in [5.74, 6) is -1.49. The Bertz CT molecular complexity index is 717. The van der Waals surface area contributed by atoms with Gasteiger partial charge in [0.25, 0.3) is 0 Å². The first-order chi connectivity index (χ1) is 13.2. The average molecular weight is 374 g/mol. The van der Waals surface area contributed by atoms with Gasteiger partial charge in [0.15, 0.2) is 11.6 Å². The van der Waals surface area contributed by atoms with Crippen LogP contribution in [-0.4, -0.2) is 6.67 Å². The van der Waals surface area contributed by atoms with E-state index in [1.54, 1.807) is 12.1 Å². The molecule has 2 aromatic carbocycles. The van der Waals surface area contributed by atoms with Crippen molar-refractivity contribution in [3.8, 4) is 11.1 Å². The highest BCUT2D eigenvalue weighted by molar-refractivity contribution is 5.66. The van der Waals surface area contributed by atoms with Crippen molar-refractivity contribution in [3.05, 3.63) is 65.2 Å². The molecule has 0 aliphatic carbocycles. The summed E-state index contributed by atoms with van der Waals surface area (Å²) in [7, 11) is 0. The zero-order chi connectivity index (χ0) is 19.5. The van der Waals surface area contributed by atoms with E-state index >= 15 is 0 Å². The zero-order valence-corrected chi connectivity index (χ0v) is 16.1. The highest BCUT2D eigenvalue weighted by Crippen LogP contribution is 2.27. The Kier molecular flexibility index (Phi) is 9.17. The smallest absolute Gasteiger partial charge is 0.166 e. The molecule has 0 N–H and O–H groups in total. The molecule has 0 aliphatic rings. The minimum Gasteiger partial charge on any atom is -0.251 e. The van der Waals surface area contributed by atoms with Crippen LogP contribution in [0.3, 0.4) is 0 Å². The molecule has 0 saturated heterocycles. The minimum atomic E-state index is -0.764. The summed E-state index contributed by atoms with van der Waals surface area (Å²) in [5.41, 5.74) is 2.46. The molecule has 0 nitrogen and oxygen atoms in total. The van der Waals surface area contributed by atoms with Crippen LogP contribution in [0.25, 0.3) is 17.2 Å². The number of aryl methyl sites for hydroxylation is 1. The summed E-state index contributed by atoms with van der Waals surface area (Å²) in [6, 6.07) is 10.8. The molecule has 0 aliphatic heterocycles. The highest BCUT2D eigenvalue weighted by Gasteiger charge is 2.14. The van der Waals surface area contributed by atoms with Gasteiger partial charge in [-0.2, -0.15) is 0 Å². The van der Waals surface area contributed by atoms with Crippen LogP contribution in [0.15, 0.2) is 42.5 Å². The molecule has 2 aromatic rings. The third-order valence-electron chi connectivity index (χ3n) is 4.75. The summed E-state index contributed by atoms with van der Waals surface area (Å²) in [6.07, 6.45) is 11.2. The lowest BCUT2D eigenvalue weighted by Crippen LogP contribution is -1.97. The molecule has 27 heavy (non-hydrogen) atoms. The molecule has 0 atom stereocenters. The van der Waals surface area contributed by atoms with Crippen molar-refractivity contribution in [2.24, 2.45) is 0 Å². The van der Waals surface area contributed by atoms with Crippen LogP contribution in [0.5, 0.6) is 0 Å². The lowest BCUT2D eigenvalue weighted by Gasteiger charge is -2.09. The number of hydrogen-bond donors (Lipinski definition) is 0. The first-order valence-corrected chi connectivity index (χ1v) is 9.97. The molecule has 0 bridgehead atoms. The van der Waals surface area contributed by atoms with E-state index < -0.39 is 11.6 Å². The molecule has 0 aromatic heterocycles. The topological polar surface area (TPSA) is 0 Å². The number of unbranched alkanes of at least 4 members (excludes halogenated alkanes) is 5. The van der Waals surface area contributed by atoms with Gasteiger partial charge in [-0.1, -0.05) is 74.7 Å². The Morgan fingerprint density at radius 1 is 0.815 bits per heavy atom. The maximum absolute atomic E-state index is 14.4. The maximum Gasteiger partial charge on any atom is 0.166 e. The monoisotopic (exact) mass is 374 g/mol. The van der Waals surface area contributed by atoms with E-state index in [0.29, 0.717) is 29.5 Å². The lowest BCUT2D eigenvalue weighted by molar-refractivity contribution is 0.453. The quantitative estimate of drug-likeness (QED) is 0.351. The zero-order valence-electron chi connectivity index (χ0n) is 16.1. The van der Waals surface area contributed by atoms with Gasteiger partial charge in [-0.25, -0.2) is 8.78 Å². The van der Waals surface area contributed by atoms with E-state index in [0.717, 1.165) is 44.1 Å². The van der Waals surface area contributed by atoms with Crippen molar-refractivity contribution in [3.63, 3.8) is 0 Å². The Hall–Kier alpha value is -2.03. The molecule has 0 saturated carbocycles. The van der Waals surface area contributed by atoms with E-state index in [1.807, 2.05) is 37.3 Å². The number of benzene rings is 2. The molecule has 0 radical (unpaired) electrons. The van der Waals surface area contributed by atoms with E-state index in [9.17, 15) is 13.2 Å². The van der Waals surface area contributed by atoms with Crippen LogP contribution in [0.2, 0.25) is 0 Å². The second kappa shape index (κ2) is 11.6. The minimum absolute atomic E-state index is 0.228. The fourth-order valence-electron chi connectivity index (χ4n) is 3.08. The Labute approximate surface area is 161 Å². The third kappa shape index (κ3) is 6.57. The summed E-state index contributed by atoms with van der Waals surface area (Å²) in [5, 5.41) is 0. The average Bonchev–Trinajstić information content (AvgIpc) is 2.69. The van der Waals surface area contributed by atoms with Crippen molar-refractivity contribution in [2.75, 3.05) is 6.67 Å². The SMILES string of the molecule is CCCCc1ccc(-c2ccc(/C=C/CCCCCCF)cc2)c(F)c1F. The number of alkyl halides is 1.